The molecule has 2 aliphatic carbocycles. The molecule has 2 rings (SSSR count). The van der Waals surface area contributed by atoms with Crippen LogP contribution in [0.3, 0.4) is 0 Å². The lowest BCUT2D eigenvalue weighted by Gasteiger charge is -2.40. The molecule has 0 bridgehead atoms. The monoisotopic (exact) mass is 298 g/mol. The van der Waals surface area contributed by atoms with Gasteiger partial charge in [-0.2, -0.15) is 11.8 Å². The summed E-state index contributed by atoms with van der Waals surface area (Å²) in [5, 5.41) is 4.90. The molecule has 3 N–H and O–H groups in total. The second kappa shape index (κ2) is 7.69. The number of nitrogens with two attached hydrogens (primary N) is 1. The van der Waals surface area contributed by atoms with E-state index in [2.05, 4.69) is 24.0 Å². The number of amides is 1. The molecule has 0 aromatic heterocycles. The van der Waals surface area contributed by atoms with Crippen LogP contribution in [0.25, 0.3) is 0 Å². The third kappa shape index (κ3) is 4.14. The van der Waals surface area contributed by atoms with Gasteiger partial charge < -0.3 is 11.1 Å². The fourth-order valence-corrected chi connectivity index (χ4v) is 5.48. The van der Waals surface area contributed by atoms with Gasteiger partial charge in [-0.25, -0.2) is 0 Å². The molecule has 4 heteroatoms. The zero-order valence-electron chi connectivity index (χ0n) is 12.8. The molecule has 0 heterocycles. The van der Waals surface area contributed by atoms with E-state index < -0.39 is 5.54 Å². The van der Waals surface area contributed by atoms with E-state index in [9.17, 15) is 4.79 Å². The van der Waals surface area contributed by atoms with Crippen LogP contribution in [0.2, 0.25) is 0 Å². The Morgan fingerprint density at radius 2 is 1.90 bits per heavy atom. The van der Waals surface area contributed by atoms with Crippen molar-refractivity contribution in [2.75, 3.05) is 6.54 Å². The summed E-state index contributed by atoms with van der Waals surface area (Å²) in [4.78, 5) is 12.0. The maximum atomic E-state index is 12.0. The van der Waals surface area contributed by atoms with Crippen molar-refractivity contribution in [2.24, 2.45) is 5.73 Å². The molecule has 2 fully saturated rings. The van der Waals surface area contributed by atoms with Crippen molar-refractivity contribution in [2.45, 2.75) is 87.2 Å². The van der Waals surface area contributed by atoms with Gasteiger partial charge in [-0.1, -0.05) is 26.2 Å². The standard InChI is InChI=1S/C16H30N2OS/c1-2-11-18-16(15(17)19)10-6-9-14(12-16)20-13-7-4-3-5-8-13/h13-14,18H,2-12H2,1H3,(H2,17,19). The van der Waals surface area contributed by atoms with E-state index in [4.69, 9.17) is 5.73 Å². The molecule has 2 atom stereocenters. The Balaban J connectivity index is 1.92. The number of carbonyl (C=O) groups excluding carboxylic acids is 1. The smallest absolute Gasteiger partial charge is 0.237 e. The van der Waals surface area contributed by atoms with E-state index in [0.29, 0.717) is 5.25 Å². The summed E-state index contributed by atoms with van der Waals surface area (Å²) in [6, 6.07) is 0. The quantitative estimate of drug-likeness (QED) is 0.791. The lowest BCUT2D eigenvalue weighted by molar-refractivity contribution is -0.125. The normalized spacial score (nSPS) is 32.1. The van der Waals surface area contributed by atoms with Crippen molar-refractivity contribution in [1.29, 1.82) is 0 Å². The van der Waals surface area contributed by atoms with Gasteiger partial charge in [0, 0.05) is 10.5 Å². The predicted molar refractivity (Wildman–Crippen MR) is 86.9 cm³/mol. The highest BCUT2D eigenvalue weighted by atomic mass is 32.2. The zero-order chi connectivity index (χ0) is 14.4. The number of thioether (sulfide) groups is 1. The van der Waals surface area contributed by atoms with Gasteiger partial charge in [-0.3, -0.25) is 4.79 Å². The Morgan fingerprint density at radius 3 is 2.55 bits per heavy atom. The molecular weight excluding hydrogens is 268 g/mol. The SMILES string of the molecule is CCCNC1(C(N)=O)CCCC(SC2CCCCC2)C1. The highest BCUT2D eigenvalue weighted by Crippen LogP contribution is 2.40. The van der Waals surface area contributed by atoms with Crippen LogP contribution in [0.5, 0.6) is 0 Å². The highest BCUT2D eigenvalue weighted by molar-refractivity contribution is 8.00. The maximum absolute atomic E-state index is 12.0. The molecule has 0 aromatic carbocycles. The van der Waals surface area contributed by atoms with E-state index in [1.807, 2.05) is 0 Å². The van der Waals surface area contributed by atoms with Crippen molar-refractivity contribution in [3.8, 4) is 0 Å². The fraction of sp³-hybridized carbons (Fsp3) is 0.938. The Bertz CT molecular complexity index is 318. The molecule has 2 aliphatic rings. The van der Waals surface area contributed by atoms with Gasteiger partial charge >= 0.3 is 0 Å². The first-order valence-electron chi connectivity index (χ1n) is 8.36. The molecule has 0 radical (unpaired) electrons. The molecular formula is C16H30N2OS. The minimum atomic E-state index is -0.430. The van der Waals surface area contributed by atoms with E-state index in [1.165, 1.54) is 38.5 Å². The largest absolute Gasteiger partial charge is 0.368 e. The third-order valence-electron chi connectivity index (χ3n) is 4.83. The third-order valence-corrected chi connectivity index (χ3v) is 6.47. The first-order chi connectivity index (χ1) is 9.66. The molecule has 3 nitrogen and oxygen atoms in total. The summed E-state index contributed by atoms with van der Waals surface area (Å²) in [6.07, 6.45) is 12.2. The number of rotatable bonds is 6. The molecule has 116 valence electrons. The van der Waals surface area contributed by atoms with Gasteiger partial charge in [0.2, 0.25) is 5.91 Å². The summed E-state index contributed by atoms with van der Waals surface area (Å²) < 4.78 is 0. The molecule has 0 aromatic rings. The maximum Gasteiger partial charge on any atom is 0.237 e. The second-order valence-corrected chi connectivity index (χ2v) is 8.09. The molecule has 0 spiro atoms. The molecule has 2 unspecified atom stereocenters. The molecule has 2 saturated carbocycles. The number of primary amides is 1. The average molecular weight is 298 g/mol. The second-order valence-electron chi connectivity index (χ2n) is 6.49. The Labute approximate surface area is 127 Å². The van der Waals surface area contributed by atoms with Crippen LogP contribution in [0.15, 0.2) is 0 Å². The van der Waals surface area contributed by atoms with E-state index >= 15 is 0 Å². The van der Waals surface area contributed by atoms with E-state index in [-0.39, 0.29) is 5.91 Å². The van der Waals surface area contributed by atoms with Gasteiger partial charge in [0.05, 0.1) is 5.54 Å². The summed E-state index contributed by atoms with van der Waals surface area (Å²) in [5.41, 5.74) is 5.30. The Kier molecular flexibility index (Phi) is 6.21. The zero-order valence-corrected chi connectivity index (χ0v) is 13.6. The van der Waals surface area contributed by atoms with Crippen LogP contribution in [-0.2, 0) is 4.79 Å². The first-order valence-corrected chi connectivity index (χ1v) is 9.31. The van der Waals surface area contributed by atoms with Crippen LogP contribution in [0.1, 0.15) is 71.1 Å². The lowest BCUT2D eigenvalue weighted by Crippen LogP contribution is -2.58. The summed E-state index contributed by atoms with van der Waals surface area (Å²) in [5.74, 6) is -0.139. The van der Waals surface area contributed by atoms with Crippen molar-refractivity contribution in [3.05, 3.63) is 0 Å². The van der Waals surface area contributed by atoms with Crippen LogP contribution >= 0.6 is 11.8 Å². The first kappa shape index (κ1) is 16.2. The average Bonchev–Trinajstić information content (AvgIpc) is 2.46. The van der Waals surface area contributed by atoms with Crippen molar-refractivity contribution in [3.63, 3.8) is 0 Å². The minimum Gasteiger partial charge on any atom is -0.368 e. The molecule has 0 aliphatic heterocycles. The van der Waals surface area contributed by atoms with Crippen LogP contribution < -0.4 is 11.1 Å². The Hall–Kier alpha value is -0.220. The van der Waals surface area contributed by atoms with Crippen LogP contribution in [-0.4, -0.2) is 28.5 Å². The Morgan fingerprint density at radius 1 is 1.20 bits per heavy atom. The van der Waals surface area contributed by atoms with Crippen molar-refractivity contribution in [1.82, 2.24) is 5.32 Å². The number of nitrogens with one attached hydrogen (secondary N) is 1. The fourth-order valence-electron chi connectivity index (χ4n) is 3.65. The lowest BCUT2D eigenvalue weighted by atomic mass is 9.80. The van der Waals surface area contributed by atoms with Crippen molar-refractivity contribution < 1.29 is 4.79 Å². The van der Waals surface area contributed by atoms with Gasteiger partial charge in [0.15, 0.2) is 0 Å². The summed E-state index contributed by atoms with van der Waals surface area (Å²) >= 11 is 2.15. The number of hydrogen-bond acceptors (Lipinski definition) is 3. The van der Waals surface area contributed by atoms with Crippen molar-refractivity contribution >= 4 is 17.7 Å². The van der Waals surface area contributed by atoms with E-state index in [0.717, 1.165) is 37.5 Å². The molecule has 20 heavy (non-hydrogen) atoms. The van der Waals surface area contributed by atoms with Crippen LogP contribution in [0, 0.1) is 0 Å². The number of hydrogen-bond donors (Lipinski definition) is 2. The summed E-state index contributed by atoms with van der Waals surface area (Å²) in [7, 11) is 0. The molecule has 0 saturated heterocycles. The van der Waals surface area contributed by atoms with Gasteiger partial charge in [0.1, 0.15) is 0 Å². The molecule has 1 amide bonds. The van der Waals surface area contributed by atoms with Gasteiger partial charge in [0.25, 0.3) is 0 Å². The predicted octanol–water partition coefficient (Wildman–Crippen LogP) is 3.22. The topological polar surface area (TPSA) is 55.1 Å². The number of carbonyl (C=O) groups is 1. The highest BCUT2D eigenvalue weighted by Gasteiger charge is 2.41. The van der Waals surface area contributed by atoms with Gasteiger partial charge in [-0.15, -0.1) is 0 Å². The summed E-state index contributed by atoms with van der Waals surface area (Å²) in [6.45, 7) is 3.03. The minimum absolute atomic E-state index is 0.139. The van der Waals surface area contributed by atoms with Crippen LogP contribution in [0.4, 0.5) is 0 Å². The van der Waals surface area contributed by atoms with E-state index in [1.54, 1.807) is 0 Å². The van der Waals surface area contributed by atoms with Gasteiger partial charge in [-0.05, 0) is 51.5 Å².